The summed E-state index contributed by atoms with van der Waals surface area (Å²) in [4.78, 5) is 32.5. The number of benzene rings is 2. The number of anilines is 1. The van der Waals surface area contributed by atoms with Crippen molar-refractivity contribution in [3.05, 3.63) is 87.4 Å². The monoisotopic (exact) mass is 542 g/mol. The summed E-state index contributed by atoms with van der Waals surface area (Å²) >= 11 is 7.01. The molecule has 6 rings (SSSR count). The van der Waals surface area contributed by atoms with E-state index < -0.39 is 5.60 Å². The molecule has 1 saturated heterocycles. The number of hydrogen-bond donors (Lipinski definition) is 1. The van der Waals surface area contributed by atoms with E-state index in [4.69, 9.17) is 22.1 Å². The van der Waals surface area contributed by atoms with Gasteiger partial charge in [-0.3, -0.25) is 9.36 Å². The van der Waals surface area contributed by atoms with E-state index in [9.17, 15) is 9.59 Å². The molecule has 1 aliphatic heterocycles. The van der Waals surface area contributed by atoms with Gasteiger partial charge >= 0.3 is 6.09 Å². The van der Waals surface area contributed by atoms with Crippen LogP contribution in [0.3, 0.4) is 0 Å². The summed E-state index contributed by atoms with van der Waals surface area (Å²) < 4.78 is 7.27. The highest BCUT2D eigenvalue weighted by Crippen LogP contribution is 2.41. The zero-order chi connectivity index (χ0) is 27.5. The van der Waals surface area contributed by atoms with Gasteiger partial charge in [-0.25, -0.2) is 9.78 Å². The van der Waals surface area contributed by atoms with Gasteiger partial charge in [0.25, 0.3) is 5.56 Å². The highest BCUT2D eigenvalue weighted by atomic mass is 35.5. The van der Waals surface area contributed by atoms with Crippen molar-refractivity contribution in [2.75, 3.05) is 18.8 Å². The van der Waals surface area contributed by atoms with Crippen LogP contribution in [0.25, 0.3) is 27.6 Å². The zero-order valence-electron chi connectivity index (χ0n) is 22.3. The number of rotatable bonds is 4. The average Bonchev–Trinajstić information content (AvgIpc) is 3.68. The first-order valence-electron chi connectivity index (χ1n) is 13.3. The lowest BCUT2D eigenvalue weighted by atomic mass is 9.93. The molecule has 0 spiro atoms. The number of carbonyl (C=O) groups is 1. The molecule has 0 bridgehead atoms. The highest BCUT2D eigenvalue weighted by molar-refractivity contribution is 6.35. The minimum Gasteiger partial charge on any atom is -0.444 e. The van der Waals surface area contributed by atoms with E-state index >= 15 is 0 Å². The number of fused-ring (bicyclic) bond motifs is 1. The van der Waals surface area contributed by atoms with Gasteiger partial charge in [0.1, 0.15) is 11.4 Å². The van der Waals surface area contributed by atoms with E-state index in [1.807, 2.05) is 51.1 Å². The summed E-state index contributed by atoms with van der Waals surface area (Å²) in [6.45, 7) is 6.48. The fourth-order valence-electron chi connectivity index (χ4n) is 5.25. The number of nitrogens with zero attached hydrogens (tertiary/aromatic N) is 3. The molecule has 2 N–H and O–H groups in total. The largest absolute Gasteiger partial charge is 0.444 e. The van der Waals surface area contributed by atoms with Crippen LogP contribution in [0.1, 0.15) is 56.7 Å². The fraction of sp³-hybridized carbons (Fsp3) is 0.323. The molecule has 2 aromatic carbocycles. The molecule has 2 aliphatic rings. The molecule has 0 radical (unpaired) electrons. The number of ether oxygens (including phenoxy) is 1. The Morgan fingerprint density at radius 1 is 1.05 bits per heavy atom. The van der Waals surface area contributed by atoms with Crippen molar-refractivity contribution >= 4 is 34.3 Å². The number of pyridine rings is 2. The van der Waals surface area contributed by atoms with Crippen LogP contribution < -0.4 is 11.3 Å². The number of carbonyl (C=O) groups excluding carboxylic acids is 1. The minimum absolute atomic E-state index is 0.0458. The van der Waals surface area contributed by atoms with Crippen molar-refractivity contribution in [1.29, 1.82) is 0 Å². The standard InChI is InChI=1S/C31H31ClN4O3/c1-31(2,3)39-30(38)35-16-22(17-35)26-14-21-13-19(18-7-8-18)9-10-24(21)29(37)36(26)25-6-4-5-23(28(25)32)20-11-12-34-27(33)15-20/h4-6,9-15,18,22H,7-8,16-17H2,1-3H3,(H2,33,34). The molecule has 0 atom stereocenters. The van der Waals surface area contributed by atoms with E-state index in [0.717, 1.165) is 22.2 Å². The van der Waals surface area contributed by atoms with Crippen molar-refractivity contribution in [2.45, 2.75) is 51.0 Å². The van der Waals surface area contributed by atoms with Gasteiger partial charge in [0, 0.05) is 41.8 Å². The maximum Gasteiger partial charge on any atom is 0.410 e. The van der Waals surface area contributed by atoms with Crippen LogP contribution >= 0.6 is 11.6 Å². The van der Waals surface area contributed by atoms with E-state index in [2.05, 4.69) is 23.2 Å². The van der Waals surface area contributed by atoms with Crippen LogP contribution in [0, 0.1) is 0 Å². The second kappa shape index (κ2) is 9.42. The zero-order valence-corrected chi connectivity index (χ0v) is 23.0. The predicted molar refractivity (Wildman–Crippen MR) is 155 cm³/mol. The SMILES string of the molecule is CC(C)(C)OC(=O)N1CC(c2cc3cc(C4CC4)ccc3c(=O)n2-c2cccc(-c3ccnc(N)c3)c2Cl)C1. The Morgan fingerprint density at radius 3 is 2.51 bits per heavy atom. The lowest BCUT2D eigenvalue weighted by Crippen LogP contribution is -2.51. The van der Waals surface area contributed by atoms with Gasteiger partial charge in [0.15, 0.2) is 0 Å². The normalized spacial score (nSPS) is 15.8. The van der Waals surface area contributed by atoms with Gasteiger partial charge in [0.05, 0.1) is 10.7 Å². The third-order valence-corrected chi connectivity index (χ3v) is 7.78. The molecule has 8 heteroatoms. The van der Waals surface area contributed by atoms with Crippen LogP contribution in [0.4, 0.5) is 10.6 Å². The van der Waals surface area contributed by atoms with Crippen LogP contribution in [0.2, 0.25) is 5.02 Å². The topological polar surface area (TPSA) is 90.5 Å². The fourth-order valence-corrected chi connectivity index (χ4v) is 5.57. The minimum atomic E-state index is -0.573. The number of aromatic nitrogens is 2. The maximum absolute atomic E-state index is 14.1. The third-order valence-electron chi connectivity index (χ3n) is 7.38. The van der Waals surface area contributed by atoms with Crippen molar-refractivity contribution in [1.82, 2.24) is 14.5 Å². The summed E-state index contributed by atoms with van der Waals surface area (Å²) in [6.07, 6.45) is 3.66. The van der Waals surface area contributed by atoms with E-state index in [1.165, 1.54) is 18.4 Å². The second-order valence-corrected chi connectivity index (χ2v) is 11.9. The summed E-state index contributed by atoms with van der Waals surface area (Å²) in [7, 11) is 0. The molecular weight excluding hydrogens is 512 g/mol. The first-order valence-corrected chi connectivity index (χ1v) is 13.6. The number of amides is 1. The summed E-state index contributed by atoms with van der Waals surface area (Å²) in [5.74, 6) is 0.918. The van der Waals surface area contributed by atoms with Crippen LogP contribution in [-0.4, -0.2) is 39.2 Å². The molecule has 39 heavy (non-hydrogen) atoms. The highest BCUT2D eigenvalue weighted by Gasteiger charge is 2.37. The molecule has 3 heterocycles. The number of likely N-dealkylation sites (tertiary alicyclic amines) is 1. The molecule has 4 aromatic rings. The van der Waals surface area contributed by atoms with Gasteiger partial charge in [-0.1, -0.05) is 35.9 Å². The lowest BCUT2D eigenvalue weighted by molar-refractivity contribution is 0.00770. The third kappa shape index (κ3) is 4.87. The average molecular weight is 543 g/mol. The molecule has 2 fully saturated rings. The molecule has 0 unspecified atom stereocenters. The Morgan fingerprint density at radius 2 is 1.82 bits per heavy atom. The van der Waals surface area contributed by atoms with Gasteiger partial charge in [-0.05, 0) is 86.4 Å². The van der Waals surface area contributed by atoms with Gasteiger partial charge in [0.2, 0.25) is 0 Å². The van der Waals surface area contributed by atoms with E-state index in [-0.39, 0.29) is 17.6 Å². The van der Waals surface area contributed by atoms with Crippen molar-refractivity contribution < 1.29 is 9.53 Å². The molecule has 200 valence electrons. The van der Waals surface area contributed by atoms with Crippen molar-refractivity contribution in [2.24, 2.45) is 0 Å². The molecule has 1 saturated carbocycles. The van der Waals surface area contributed by atoms with Crippen LogP contribution in [0.15, 0.2) is 65.6 Å². The van der Waals surface area contributed by atoms with E-state index in [1.54, 1.807) is 21.7 Å². The quantitative estimate of drug-likeness (QED) is 0.318. The molecule has 1 aliphatic carbocycles. The second-order valence-electron chi connectivity index (χ2n) is 11.5. The molecule has 7 nitrogen and oxygen atoms in total. The van der Waals surface area contributed by atoms with Gasteiger partial charge in [-0.15, -0.1) is 0 Å². The van der Waals surface area contributed by atoms with Crippen LogP contribution in [-0.2, 0) is 4.74 Å². The molecule has 1 amide bonds. The van der Waals surface area contributed by atoms with Crippen LogP contribution in [0.5, 0.6) is 0 Å². The van der Waals surface area contributed by atoms with Crippen molar-refractivity contribution in [3.8, 4) is 16.8 Å². The number of nitrogens with two attached hydrogens (primary N) is 1. The Bertz CT molecular complexity index is 1660. The van der Waals surface area contributed by atoms with Crippen molar-refractivity contribution in [3.63, 3.8) is 0 Å². The van der Waals surface area contributed by atoms with E-state index in [0.29, 0.717) is 40.9 Å². The Kier molecular flexibility index (Phi) is 6.14. The molecular formula is C31H31ClN4O3. The number of halogens is 1. The lowest BCUT2D eigenvalue weighted by Gasteiger charge is -2.40. The summed E-state index contributed by atoms with van der Waals surface area (Å²) in [5, 5.41) is 2.00. The van der Waals surface area contributed by atoms with Gasteiger partial charge in [-0.2, -0.15) is 0 Å². The maximum atomic E-state index is 14.1. The van der Waals surface area contributed by atoms with Gasteiger partial charge < -0.3 is 15.4 Å². The first-order chi connectivity index (χ1) is 18.6. The first kappa shape index (κ1) is 25.4. The Hall–Kier alpha value is -3.84. The predicted octanol–water partition coefficient (Wildman–Crippen LogP) is 6.50. The summed E-state index contributed by atoms with van der Waals surface area (Å²) in [5.41, 5.74) is 9.49. The Balaban J connectivity index is 1.47. The Labute approximate surface area is 232 Å². The summed E-state index contributed by atoms with van der Waals surface area (Å²) in [6, 6.07) is 17.5. The smallest absolute Gasteiger partial charge is 0.410 e. The molecule has 2 aromatic heterocycles. The number of nitrogen functional groups attached to an aromatic ring is 1. The number of hydrogen-bond acceptors (Lipinski definition) is 5.